The molecule has 2 aromatic carbocycles. The van der Waals surface area contributed by atoms with Crippen LogP contribution in [-0.2, 0) is 0 Å². The Hall–Kier alpha value is -1.80. The fourth-order valence-corrected chi connectivity index (χ4v) is 3.85. The van der Waals surface area contributed by atoms with Gasteiger partial charge in [0.1, 0.15) is 0 Å². The van der Waals surface area contributed by atoms with Gasteiger partial charge < -0.3 is 4.74 Å². The maximum absolute atomic E-state index is 14.1. The van der Waals surface area contributed by atoms with Gasteiger partial charge in [-0.25, -0.2) is 4.39 Å². The molecule has 0 radical (unpaired) electrons. The molecule has 3 heteroatoms. The van der Waals surface area contributed by atoms with Gasteiger partial charge in [-0.2, -0.15) is 0 Å². The molecule has 0 aliphatic heterocycles. The van der Waals surface area contributed by atoms with Gasteiger partial charge in [0, 0.05) is 5.54 Å². The van der Waals surface area contributed by atoms with E-state index in [1.54, 1.807) is 17.7 Å². The minimum Gasteiger partial charge on any atom is -0.491 e. The molecule has 25 heavy (non-hydrogen) atoms. The maximum Gasteiger partial charge on any atom is 0.165 e. The van der Waals surface area contributed by atoms with Gasteiger partial charge >= 0.3 is 0 Å². The first-order chi connectivity index (χ1) is 12.2. The molecule has 0 atom stereocenters. The van der Waals surface area contributed by atoms with Crippen LogP contribution in [0.5, 0.6) is 5.75 Å². The van der Waals surface area contributed by atoms with Gasteiger partial charge in [-0.05, 0) is 73.3 Å². The second-order valence-electron chi connectivity index (χ2n) is 6.63. The van der Waals surface area contributed by atoms with Crippen LogP contribution in [0.2, 0.25) is 0 Å². The highest BCUT2D eigenvalue weighted by atomic mass is 35.5. The van der Waals surface area contributed by atoms with Gasteiger partial charge in [0.15, 0.2) is 11.6 Å². The number of hydrogen-bond acceptors (Lipinski definition) is 1. The smallest absolute Gasteiger partial charge is 0.165 e. The second kappa shape index (κ2) is 8.53. The molecule has 3 rings (SSSR count). The molecule has 1 aliphatic rings. The number of benzene rings is 2. The topological polar surface area (TPSA) is 9.23 Å². The number of allylic oxidation sites excluding steroid dienone is 1. The van der Waals surface area contributed by atoms with Gasteiger partial charge in [0.25, 0.3) is 0 Å². The van der Waals surface area contributed by atoms with E-state index < -0.39 is 0 Å². The molecule has 0 unspecified atom stereocenters. The van der Waals surface area contributed by atoms with Crippen molar-refractivity contribution >= 4 is 11.6 Å². The monoisotopic (exact) mass is 358 g/mol. The third-order valence-electron chi connectivity index (χ3n) is 5.06. The molecule has 0 N–H and O–H groups in total. The average Bonchev–Trinajstić information content (AvgIpc) is 2.65. The van der Waals surface area contributed by atoms with Gasteiger partial charge in [0.05, 0.1) is 6.61 Å². The van der Waals surface area contributed by atoms with Crippen LogP contribution in [0.25, 0.3) is 11.1 Å². The van der Waals surface area contributed by atoms with Crippen molar-refractivity contribution in [3.8, 4) is 16.9 Å². The van der Waals surface area contributed by atoms with Gasteiger partial charge in [-0.15, -0.1) is 0 Å². The fourth-order valence-electron chi connectivity index (χ4n) is 3.65. The summed E-state index contributed by atoms with van der Waals surface area (Å²) in [6, 6.07) is 13.7. The van der Waals surface area contributed by atoms with E-state index in [1.807, 2.05) is 13.0 Å². The van der Waals surface area contributed by atoms with Gasteiger partial charge in [-0.3, -0.25) is 0 Å². The first kappa shape index (κ1) is 18.0. The number of hydrogen-bond donors (Lipinski definition) is 0. The summed E-state index contributed by atoms with van der Waals surface area (Å²) in [5.74, 6) is 1.24. The van der Waals surface area contributed by atoms with Crippen molar-refractivity contribution in [3.05, 3.63) is 65.5 Å². The summed E-state index contributed by atoms with van der Waals surface area (Å²) in [6.07, 6.45) is 6.90. The third-order valence-corrected chi connectivity index (χ3v) is 5.21. The zero-order valence-electron chi connectivity index (χ0n) is 14.6. The molecule has 1 aliphatic carbocycles. The molecule has 1 nitrogen and oxygen atoms in total. The largest absolute Gasteiger partial charge is 0.491 e. The Balaban J connectivity index is 1.69. The summed E-state index contributed by atoms with van der Waals surface area (Å²) in [5.41, 5.74) is 4.94. The van der Waals surface area contributed by atoms with Crippen LogP contribution in [0, 0.1) is 11.7 Å². The molecule has 0 bridgehead atoms. The van der Waals surface area contributed by atoms with E-state index in [0.717, 1.165) is 11.1 Å². The molecule has 0 amide bonds. The summed E-state index contributed by atoms with van der Waals surface area (Å²) in [6.45, 7) is 2.32. The quantitative estimate of drug-likeness (QED) is 0.563. The minimum absolute atomic E-state index is 0.311. The van der Waals surface area contributed by atoms with E-state index in [-0.39, 0.29) is 5.82 Å². The Morgan fingerprint density at radius 1 is 1.04 bits per heavy atom. The first-order valence-electron chi connectivity index (χ1n) is 9.00. The summed E-state index contributed by atoms with van der Waals surface area (Å²) in [4.78, 5) is 0. The SMILES string of the molecule is CCOc1ccc(-c2ccc(C3CCC(C=CCl)CC3)cc2)cc1F. The molecular weight excluding hydrogens is 335 g/mol. The van der Waals surface area contributed by atoms with E-state index in [4.69, 9.17) is 16.3 Å². The molecular formula is C22H24ClFO. The van der Waals surface area contributed by atoms with Crippen LogP contribution in [-0.4, -0.2) is 6.61 Å². The molecule has 1 fully saturated rings. The first-order valence-corrected chi connectivity index (χ1v) is 9.44. The second-order valence-corrected chi connectivity index (χ2v) is 6.88. The van der Waals surface area contributed by atoms with Crippen molar-refractivity contribution < 1.29 is 9.13 Å². The van der Waals surface area contributed by atoms with Crippen LogP contribution in [0.3, 0.4) is 0 Å². The highest BCUT2D eigenvalue weighted by Crippen LogP contribution is 2.37. The van der Waals surface area contributed by atoms with Crippen LogP contribution in [0.15, 0.2) is 54.1 Å². The minimum atomic E-state index is -0.311. The fraction of sp³-hybridized carbons (Fsp3) is 0.364. The average molecular weight is 359 g/mol. The standard InChI is InChI=1S/C22H24ClFO/c1-2-25-22-12-11-20(15-21(22)24)19-9-7-18(8-10-19)17-5-3-16(4-6-17)13-14-23/h7-17H,2-6H2,1H3. The van der Waals surface area contributed by atoms with Gasteiger partial charge in [-0.1, -0.05) is 48.0 Å². The predicted molar refractivity (Wildman–Crippen MR) is 103 cm³/mol. The molecule has 0 heterocycles. The third kappa shape index (κ3) is 4.43. The molecule has 0 aromatic heterocycles. The molecule has 1 saturated carbocycles. The lowest BCUT2D eigenvalue weighted by molar-refractivity contribution is 0.321. The van der Waals surface area contributed by atoms with Gasteiger partial charge in [0.2, 0.25) is 0 Å². The zero-order chi connectivity index (χ0) is 17.6. The van der Waals surface area contributed by atoms with E-state index >= 15 is 0 Å². The van der Waals surface area contributed by atoms with Crippen molar-refractivity contribution in [1.29, 1.82) is 0 Å². The number of rotatable bonds is 5. The Bertz CT molecular complexity index is 715. The lowest BCUT2D eigenvalue weighted by atomic mass is 9.78. The number of ether oxygens (including phenoxy) is 1. The summed E-state index contributed by atoms with van der Waals surface area (Å²) in [5, 5.41) is 0. The molecule has 2 aromatic rings. The Morgan fingerprint density at radius 2 is 1.72 bits per heavy atom. The van der Waals surface area contributed by atoms with Crippen LogP contribution >= 0.6 is 11.6 Å². The lowest BCUT2D eigenvalue weighted by Crippen LogP contribution is -2.11. The zero-order valence-corrected chi connectivity index (χ0v) is 15.3. The van der Waals surface area contributed by atoms with E-state index in [1.165, 1.54) is 31.2 Å². The highest BCUT2D eigenvalue weighted by molar-refractivity contribution is 6.25. The number of halogens is 2. The van der Waals surface area contributed by atoms with Crippen LogP contribution < -0.4 is 4.74 Å². The Morgan fingerprint density at radius 3 is 2.32 bits per heavy atom. The lowest BCUT2D eigenvalue weighted by Gasteiger charge is -2.27. The Kier molecular flexibility index (Phi) is 6.14. The van der Waals surface area contributed by atoms with Crippen molar-refractivity contribution in [2.75, 3.05) is 6.61 Å². The predicted octanol–water partition coefficient (Wildman–Crippen LogP) is 6.92. The highest BCUT2D eigenvalue weighted by Gasteiger charge is 2.20. The molecule has 132 valence electrons. The molecule has 0 spiro atoms. The maximum atomic E-state index is 14.1. The molecule has 0 saturated heterocycles. The summed E-state index contributed by atoms with van der Waals surface area (Å²) in [7, 11) is 0. The van der Waals surface area contributed by atoms with E-state index in [2.05, 4.69) is 30.3 Å². The summed E-state index contributed by atoms with van der Waals surface area (Å²) >= 11 is 5.69. The van der Waals surface area contributed by atoms with Crippen molar-refractivity contribution in [1.82, 2.24) is 0 Å². The Labute approximate surface area is 154 Å². The van der Waals surface area contributed by atoms with E-state index in [0.29, 0.717) is 24.2 Å². The van der Waals surface area contributed by atoms with Crippen LogP contribution in [0.1, 0.15) is 44.1 Å². The van der Waals surface area contributed by atoms with Crippen molar-refractivity contribution in [2.45, 2.75) is 38.5 Å². The van der Waals surface area contributed by atoms with Crippen LogP contribution in [0.4, 0.5) is 4.39 Å². The normalized spacial score (nSPS) is 20.8. The van der Waals surface area contributed by atoms with Crippen molar-refractivity contribution in [3.63, 3.8) is 0 Å². The van der Waals surface area contributed by atoms with Crippen molar-refractivity contribution in [2.24, 2.45) is 5.92 Å². The van der Waals surface area contributed by atoms with E-state index in [9.17, 15) is 4.39 Å². The summed E-state index contributed by atoms with van der Waals surface area (Å²) < 4.78 is 19.3.